The summed E-state index contributed by atoms with van der Waals surface area (Å²) in [7, 11) is -1.39. The molecule has 1 aromatic rings. The van der Waals surface area contributed by atoms with Gasteiger partial charge in [-0.1, -0.05) is 6.07 Å². The van der Waals surface area contributed by atoms with Crippen LogP contribution >= 0.6 is 0 Å². The van der Waals surface area contributed by atoms with Crippen molar-refractivity contribution >= 4 is 12.6 Å². The molecule has 14 heavy (non-hydrogen) atoms. The van der Waals surface area contributed by atoms with Crippen molar-refractivity contribution in [2.75, 3.05) is 6.61 Å². The van der Waals surface area contributed by atoms with Crippen molar-refractivity contribution in [1.29, 1.82) is 0 Å². The number of fused-ring (bicyclic) bond motifs is 1. The number of rotatable bonds is 1. The Bertz CT molecular complexity index is 349. The third kappa shape index (κ3) is 1.51. The van der Waals surface area contributed by atoms with Crippen LogP contribution in [0.4, 0.5) is 0 Å². The van der Waals surface area contributed by atoms with E-state index in [1.54, 1.807) is 6.07 Å². The van der Waals surface area contributed by atoms with Gasteiger partial charge in [0.2, 0.25) is 0 Å². The molecule has 0 aliphatic carbocycles. The van der Waals surface area contributed by atoms with Crippen molar-refractivity contribution in [3.05, 3.63) is 23.3 Å². The van der Waals surface area contributed by atoms with Crippen LogP contribution in [0.3, 0.4) is 0 Å². The maximum absolute atomic E-state index is 9.12. The van der Waals surface area contributed by atoms with Crippen molar-refractivity contribution in [3.63, 3.8) is 0 Å². The second-order valence-electron chi connectivity index (χ2n) is 3.58. The quantitative estimate of drug-likeness (QED) is 0.615. The summed E-state index contributed by atoms with van der Waals surface area (Å²) in [6, 6.07) is 3.53. The molecule has 0 amide bonds. The molecule has 2 rings (SSSR count). The topological polar surface area (TPSA) is 49.7 Å². The van der Waals surface area contributed by atoms with E-state index in [0.29, 0.717) is 5.46 Å². The highest BCUT2D eigenvalue weighted by molar-refractivity contribution is 6.59. The lowest BCUT2D eigenvalue weighted by atomic mass is 9.75. The summed E-state index contributed by atoms with van der Waals surface area (Å²) >= 11 is 0. The standard InChI is InChI=1S/C10H13BO3/c1-7-8-3-2-6-14-10(8)5-4-9(7)11(12)13/h4-5,12-13H,2-3,6H2,1H3. The molecule has 2 N–H and O–H groups in total. The molecule has 1 aliphatic heterocycles. The smallest absolute Gasteiger partial charge is 0.488 e. The fraction of sp³-hybridized carbons (Fsp3) is 0.400. The summed E-state index contributed by atoms with van der Waals surface area (Å²) in [5.74, 6) is 0.887. The third-order valence-electron chi connectivity index (χ3n) is 2.70. The van der Waals surface area contributed by atoms with Gasteiger partial charge in [-0.25, -0.2) is 0 Å². The van der Waals surface area contributed by atoms with E-state index in [1.165, 1.54) is 0 Å². The summed E-state index contributed by atoms with van der Waals surface area (Å²) in [5.41, 5.74) is 2.63. The Morgan fingerprint density at radius 3 is 2.86 bits per heavy atom. The number of ether oxygens (including phenoxy) is 1. The molecule has 0 fully saturated rings. The van der Waals surface area contributed by atoms with Gasteiger partial charge in [0.15, 0.2) is 0 Å². The summed E-state index contributed by atoms with van der Waals surface area (Å²) in [6.07, 6.45) is 1.96. The Labute approximate surface area is 83.5 Å². The zero-order chi connectivity index (χ0) is 10.1. The zero-order valence-corrected chi connectivity index (χ0v) is 8.16. The first-order chi connectivity index (χ1) is 6.70. The highest BCUT2D eigenvalue weighted by atomic mass is 16.5. The monoisotopic (exact) mass is 192 g/mol. The van der Waals surface area contributed by atoms with Crippen LogP contribution in [0.2, 0.25) is 0 Å². The Balaban J connectivity index is 2.49. The van der Waals surface area contributed by atoms with Gasteiger partial charge in [-0.15, -0.1) is 0 Å². The van der Waals surface area contributed by atoms with Gasteiger partial charge in [0.25, 0.3) is 0 Å². The SMILES string of the molecule is Cc1c(B(O)O)ccc2c1CCCO2. The lowest BCUT2D eigenvalue weighted by Crippen LogP contribution is -2.33. The van der Waals surface area contributed by atoms with E-state index in [0.717, 1.165) is 36.3 Å². The van der Waals surface area contributed by atoms with Gasteiger partial charge in [0, 0.05) is 0 Å². The van der Waals surface area contributed by atoms with Crippen LogP contribution in [0.5, 0.6) is 5.75 Å². The van der Waals surface area contributed by atoms with Crippen LogP contribution in [0.1, 0.15) is 17.5 Å². The molecule has 0 atom stereocenters. The van der Waals surface area contributed by atoms with Crippen LogP contribution in [0.15, 0.2) is 12.1 Å². The van der Waals surface area contributed by atoms with Crippen molar-refractivity contribution in [2.45, 2.75) is 19.8 Å². The predicted octanol–water partition coefficient (Wildman–Crippen LogP) is -0.000180. The van der Waals surface area contributed by atoms with E-state index in [2.05, 4.69) is 0 Å². The Morgan fingerprint density at radius 2 is 2.14 bits per heavy atom. The molecule has 0 spiro atoms. The Kier molecular flexibility index (Phi) is 2.48. The Morgan fingerprint density at radius 1 is 1.36 bits per heavy atom. The molecular weight excluding hydrogens is 179 g/mol. The normalized spacial score (nSPS) is 14.5. The van der Waals surface area contributed by atoms with E-state index in [9.17, 15) is 0 Å². The van der Waals surface area contributed by atoms with Crippen molar-refractivity contribution in [3.8, 4) is 5.75 Å². The number of hydrogen-bond donors (Lipinski definition) is 2. The van der Waals surface area contributed by atoms with E-state index >= 15 is 0 Å². The predicted molar refractivity (Wildman–Crippen MR) is 54.8 cm³/mol. The van der Waals surface area contributed by atoms with Crippen molar-refractivity contribution in [1.82, 2.24) is 0 Å². The molecule has 1 heterocycles. The molecule has 1 aliphatic rings. The van der Waals surface area contributed by atoms with E-state index in [-0.39, 0.29) is 0 Å². The number of benzene rings is 1. The first kappa shape index (κ1) is 9.56. The van der Waals surface area contributed by atoms with Crippen LogP contribution in [-0.4, -0.2) is 23.8 Å². The van der Waals surface area contributed by atoms with Gasteiger partial charge in [-0.05, 0) is 42.4 Å². The molecule has 0 saturated carbocycles. The molecule has 0 bridgehead atoms. The largest absolute Gasteiger partial charge is 0.493 e. The van der Waals surface area contributed by atoms with E-state index in [1.807, 2.05) is 13.0 Å². The Hall–Kier alpha value is -0.995. The molecule has 4 heteroatoms. The minimum atomic E-state index is -1.39. The molecule has 0 radical (unpaired) electrons. The average Bonchev–Trinajstić information content (AvgIpc) is 2.18. The molecule has 0 saturated heterocycles. The fourth-order valence-corrected chi connectivity index (χ4v) is 1.91. The van der Waals surface area contributed by atoms with Gasteiger partial charge >= 0.3 is 7.12 Å². The highest BCUT2D eigenvalue weighted by Crippen LogP contribution is 2.26. The van der Waals surface area contributed by atoms with Gasteiger partial charge in [0.05, 0.1) is 6.61 Å². The first-order valence-electron chi connectivity index (χ1n) is 4.81. The van der Waals surface area contributed by atoms with Crippen LogP contribution < -0.4 is 10.2 Å². The minimum Gasteiger partial charge on any atom is -0.493 e. The molecule has 3 nitrogen and oxygen atoms in total. The van der Waals surface area contributed by atoms with E-state index < -0.39 is 7.12 Å². The average molecular weight is 192 g/mol. The number of hydrogen-bond acceptors (Lipinski definition) is 3. The van der Waals surface area contributed by atoms with Crippen molar-refractivity contribution < 1.29 is 14.8 Å². The van der Waals surface area contributed by atoms with Gasteiger partial charge < -0.3 is 14.8 Å². The summed E-state index contributed by atoms with van der Waals surface area (Å²) < 4.78 is 5.48. The first-order valence-corrected chi connectivity index (χ1v) is 4.81. The maximum Gasteiger partial charge on any atom is 0.488 e. The molecule has 74 valence electrons. The second-order valence-corrected chi connectivity index (χ2v) is 3.58. The van der Waals surface area contributed by atoms with Crippen molar-refractivity contribution in [2.24, 2.45) is 0 Å². The zero-order valence-electron chi connectivity index (χ0n) is 8.16. The lowest BCUT2D eigenvalue weighted by molar-refractivity contribution is 0.288. The van der Waals surface area contributed by atoms with Gasteiger partial charge in [0.1, 0.15) is 5.75 Å². The van der Waals surface area contributed by atoms with Crippen LogP contribution in [0.25, 0.3) is 0 Å². The summed E-state index contributed by atoms with van der Waals surface area (Å²) in [6.45, 7) is 2.66. The molecule has 0 unspecified atom stereocenters. The summed E-state index contributed by atoms with van der Waals surface area (Å²) in [4.78, 5) is 0. The van der Waals surface area contributed by atoms with Crippen LogP contribution in [-0.2, 0) is 6.42 Å². The molecule has 0 aromatic heterocycles. The fourth-order valence-electron chi connectivity index (χ4n) is 1.91. The molecular formula is C10H13BO3. The van der Waals surface area contributed by atoms with E-state index in [4.69, 9.17) is 14.8 Å². The summed E-state index contributed by atoms with van der Waals surface area (Å²) in [5, 5.41) is 18.2. The lowest BCUT2D eigenvalue weighted by Gasteiger charge is -2.20. The third-order valence-corrected chi connectivity index (χ3v) is 2.70. The minimum absolute atomic E-state index is 0.578. The van der Waals surface area contributed by atoms with Gasteiger partial charge in [-0.2, -0.15) is 0 Å². The second kappa shape index (κ2) is 3.63. The van der Waals surface area contributed by atoms with Crippen LogP contribution in [0, 0.1) is 6.92 Å². The van der Waals surface area contributed by atoms with Gasteiger partial charge in [-0.3, -0.25) is 0 Å². The highest BCUT2D eigenvalue weighted by Gasteiger charge is 2.20. The molecule has 1 aromatic carbocycles. The maximum atomic E-state index is 9.12.